The molecule has 1 aromatic carbocycles. The third kappa shape index (κ3) is 2.09. The van der Waals surface area contributed by atoms with Crippen LogP contribution in [0.1, 0.15) is 5.56 Å². The molecule has 2 N–H and O–H groups in total. The number of fused-ring (bicyclic) bond motifs is 1. The molecule has 15 heavy (non-hydrogen) atoms. The van der Waals surface area contributed by atoms with E-state index in [1.54, 1.807) is 18.2 Å². The zero-order valence-electron chi connectivity index (χ0n) is 7.91. The van der Waals surface area contributed by atoms with Crippen molar-refractivity contribution in [3.8, 4) is 17.6 Å². The quantitative estimate of drug-likeness (QED) is 0.598. The van der Waals surface area contributed by atoms with Gasteiger partial charge in [-0.2, -0.15) is 0 Å². The van der Waals surface area contributed by atoms with Crippen LogP contribution in [0, 0.1) is 11.8 Å². The summed E-state index contributed by atoms with van der Waals surface area (Å²) in [5.74, 6) is 5.76. The molecule has 2 rings (SSSR count). The van der Waals surface area contributed by atoms with E-state index in [1.165, 1.54) is 0 Å². The molecule has 0 radical (unpaired) electrons. The summed E-state index contributed by atoms with van der Waals surface area (Å²) in [5, 5.41) is 11.2. The maximum Gasteiger partial charge on any atom is 0.262 e. The fourth-order valence-corrected chi connectivity index (χ4v) is 1.29. The van der Waals surface area contributed by atoms with Crippen LogP contribution >= 0.6 is 0 Å². The largest absolute Gasteiger partial charge is 0.482 e. The molecule has 0 aliphatic carbocycles. The first-order valence-electron chi connectivity index (χ1n) is 4.46. The van der Waals surface area contributed by atoms with Gasteiger partial charge in [-0.05, 0) is 18.2 Å². The van der Waals surface area contributed by atoms with Gasteiger partial charge in [0, 0.05) is 5.56 Å². The SMILES string of the molecule is O=C1COc2cc(C#CCO)ccc2N1. The predicted molar refractivity (Wildman–Crippen MR) is 54.5 cm³/mol. The molecule has 1 heterocycles. The van der Waals surface area contributed by atoms with Crippen LogP contribution in [-0.2, 0) is 4.79 Å². The van der Waals surface area contributed by atoms with Gasteiger partial charge in [0.25, 0.3) is 5.91 Å². The van der Waals surface area contributed by atoms with Crippen molar-refractivity contribution in [2.45, 2.75) is 0 Å². The second-order valence-electron chi connectivity index (χ2n) is 3.01. The molecule has 1 aliphatic heterocycles. The average Bonchev–Trinajstić information content (AvgIpc) is 2.26. The molecule has 4 nitrogen and oxygen atoms in total. The standard InChI is InChI=1S/C11H9NO3/c13-5-1-2-8-3-4-9-10(6-8)15-7-11(14)12-9/h3-4,6,13H,5,7H2,(H,12,14). The fraction of sp³-hybridized carbons (Fsp3) is 0.182. The third-order valence-corrected chi connectivity index (χ3v) is 1.93. The monoisotopic (exact) mass is 203 g/mol. The Morgan fingerprint density at radius 2 is 2.40 bits per heavy atom. The van der Waals surface area contributed by atoms with E-state index in [0.29, 0.717) is 11.4 Å². The van der Waals surface area contributed by atoms with E-state index in [4.69, 9.17) is 9.84 Å². The van der Waals surface area contributed by atoms with Crippen LogP contribution < -0.4 is 10.1 Å². The molecule has 0 fully saturated rings. The minimum atomic E-state index is -0.172. The van der Waals surface area contributed by atoms with Crippen molar-refractivity contribution in [1.82, 2.24) is 0 Å². The molecule has 76 valence electrons. The van der Waals surface area contributed by atoms with Gasteiger partial charge in [0.05, 0.1) is 5.69 Å². The van der Waals surface area contributed by atoms with Gasteiger partial charge < -0.3 is 15.2 Å². The maximum atomic E-state index is 11.0. The van der Waals surface area contributed by atoms with Crippen molar-refractivity contribution in [3.05, 3.63) is 23.8 Å². The third-order valence-electron chi connectivity index (χ3n) is 1.93. The molecule has 0 aromatic heterocycles. The Hall–Kier alpha value is -1.99. The lowest BCUT2D eigenvalue weighted by Crippen LogP contribution is -2.25. The van der Waals surface area contributed by atoms with Crippen molar-refractivity contribution in [2.24, 2.45) is 0 Å². The number of amides is 1. The first kappa shape index (κ1) is 9.56. The number of aliphatic hydroxyl groups is 1. The summed E-state index contributed by atoms with van der Waals surface area (Å²) in [7, 11) is 0. The highest BCUT2D eigenvalue weighted by atomic mass is 16.5. The molecule has 0 bridgehead atoms. The van der Waals surface area contributed by atoms with Crippen LogP contribution in [-0.4, -0.2) is 24.2 Å². The number of benzene rings is 1. The Labute approximate surface area is 86.9 Å². The van der Waals surface area contributed by atoms with E-state index in [2.05, 4.69) is 17.2 Å². The number of hydrogen-bond donors (Lipinski definition) is 2. The number of aliphatic hydroxyl groups excluding tert-OH is 1. The first-order valence-corrected chi connectivity index (χ1v) is 4.46. The summed E-state index contributed by atoms with van der Waals surface area (Å²) in [4.78, 5) is 11.0. The number of nitrogens with one attached hydrogen (secondary N) is 1. The number of rotatable bonds is 0. The van der Waals surface area contributed by atoms with Crippen LogP contribution in [0.15, 0.2) is 18.2 Å². The molecule has 0 saturated heterocycles. The molecular weight excluding hydrogens is 194 g/mol. The lowest BCUT2D eigenvalue weighted by atomic mass is 10.2. The maximum absolute atomic E-state index is 11.0. The first-order chi connectivity index (χ1) is 7.29. The van der Waals surface area contributed by atoms with Crippen LogP contribution in [0.25, 0.3) is 0 Å². The summed E-state index contributed by atoms with van der Waals surface area (Å²) < 4.78 is 5.21. The van der Waals surface area contributed by atoms with Crippen LogP contribution in [0.5, 0.6) is 5.75 Å². The van der Waals surface area contributed by atoms with Crippen molar-refractivity contribution >= 4 is 11.6 Å². The minimum Gasteiger partial charge on any atom is -0.482 e. The Kier molecular flexibility index (Phi) is 2.57. The minimum absolute atomic E-state index is 0.0316. The zero-order valence-corrected chi connectivity index (χ0v) is 7.91. The van der Waals surface area contributed by atoms with Crippen LogP contribution in [0.2, 0.25) is 0 Å². The number of carbonyl (C=O) groups excluding carboxylic acids is 1. The van der Waals surface area contributed by atoms with Gasteiger partial charge in [-0.15, -0.1) is 0 Å². The van der Waals surface area contributed by atoms with Crippen molar-refractivity contribution in [2.75, 3.05) is 18.5 Å². The lowest BCUT2D eigenvalue weighted by molar-refractivity contribution is -0.118. The van der Waals surface area contributed by atoms with Gasteiger partial charge in [0.15, 0.2) is 6.61 Å². The topological polar surface area (TPSA) is 58.6 Å². The van der Waals surface area contributed by atoms with Crippen molar-refractivity contribution in [3.63, 3.8) is 0 Å². The summed E-state index contributed by atoms with van der Waals surface area (Å²) in [5.41, 5.74) is 1.40. The summed E-state index contributed by atoms with van der Waals surface area (Å²) in [6, 6.07) is 5.22. The Morgan fingerprint density at radius 3 is 3.20 bits per heavy atom. The summed E-state index contributed by atoms with van der Waals surface area (Å²) in [6.07, 6.45) is 0. The van der Waals surface area contributed by atoms with Gasteiger partial charge in [-0.25, -0.2) is 0 Å². The molecule has 1 amide bonds. The number of anilines is 1. The van der Waals surface area contributed by atoms with Crippen molar-refractivity contribution in [1.29, 1.82) is 0 Å². The Balaban J connectivity index is 2.30. The smallest absolute Gasteiger partial charge is 0.262 e. The van der Waals surface area contributed by atoms with E-state index in [0.717, 1.165) is 5.56 Å². The molecule has 0 saturated carbocycles. The highest BCUT2D eigenvalue weighted by Crippen LogP contribution is 2.28. The van der Waals surface area contributed by atoms with E-state index >= 15 is 0 Å². The van der Waals surface area contributed by atoms with Crippen LogP contribution in [0.4, 0.5) is 5.69 Å². The molecule has 1 aliphatic rings. The lowest BCUT2D eigenvalue weighted by Gasteiger charge is -2.17. The molecule has 0 spiro atoms. The highest BCUT2D eigenvalue weighted by molar-refractivity contribution is 5.95. The van der Waals surface area contributed by atoms with Gasteiger partial charge in [-0.3, -0.25) is 4.79 Å². The molecule has 0 atom stereocenters. The number of hydrogen-bond acceptors (Lipinski definition) is 3. The second-order valence-corrected chi connectivity index (χ2v) is 3.01. The summed E-state index contributed by atoms with van der Waals surface area (Å²) >= 11 is 0. The van der Waals surface area contributed by atoms with Crippen LogP contribution in [0.3, 0.4) is 0 Å². The average molecular weight is 203 g/mol. The van der Waals surface area contributed by atoms with Gasteiger partial charge >= 0.3 is 0 Å². The van der Waals surface area contributed by atoms with E-state index in [-0.39, 0.29) is 19.1 Å². The van der Waals surface area contributed by atoms with Gasteiger partial charge in [0.2, 0.25) is 0 Å². The molecule has 4 heteroatoms. The van der Waals surface area contributed by atoms with Gasteiger partial charge in [-0.1, -0.05) is 11.8 Å². The van der Waals surface area contributed by atoms with Gasteiger partial charge in [0.1, 0.15) is 12.4 Å². The molecular formula is C11H9NO3. The molecule has 1 aromatic rings. The zero-order chi connectivity index (χ0) is 10.7. The number of carbonyl (C=O) groups is 1. The van der Waals surface area contributed by atoms with E-state index < -0.39 is 0 Å². The van der Waals surface area contributed by atoms with E-state index in [1.807, 2.05) is 0 Å². The summed E-state index contributed by atoms with van der Waals surface area (Å²) in [6.45, 7) is -0.140. The normalized spacial score (nSPS) is 13.0. The van der Waals surface area contributed by atoms with Crippen molar-refractivity contribution < 1.29 is 14.6 Å². The van der Waals surface area contributed by atoms with E-state index in [9.17, 15) is 4.79 Å². The number of ether oxygens (including phenoxy) is 1. The molecule has 0 unspecified atom stereocenters. The fourth-order valence-electron chi connectivity index (χ4n) is 1.29. The predicted octanol–water partition coefficient (Wildman–Crippen LogP) is 0.361. The Bertz CT molecular complexity index is 457. The second kappa shape index (κ2) is 4.03. The Morgan fingerprint density at radius 1 is 1.53 bits per heavy atom. The highest BCUT2D eigenvalue weighted by Gasteiger charge is 2.15.